The number of carbonyl (C=O) groups is 1. The monoisotopic (exact) mass is 491 g/mol. The Bertz CT molecular complexity index is 604. The van der Waals surface area contributed by atoms with E-state index in [1.807, 2.05) is 13.0 Å². The van der Waals surface area contributed by atoms with Gasteiger partial charge in [0.05, 0.1) is 6.61 Å². The minimum Gasteiger partial charge on any atom is -0.396 e. The second-order valence-corrected chi connectivity index (χ2v) is 6.65. The van der Waals surface area contributed by atoms with E-state index in [1.54, 1.807) is 19.3 Å². The standard InChI is InChI=1S/C18H29N5O3.HI/c1-14-3-4-15(21-11-14)23-16(25)5-8-20-17(19-2)22-12-18(6-9-24)7-10-26-13-18;/h3-4,11,24H,5-10,12-13H2,1-2H3,(H2,19,20,22)(H,21,23,25);1H. The summed E-state index contributed by atoms with van der Waals surface area (Å²) in [5.74, 6) is 1.08. The summed E-state index contributed by atoms with van der Waals surface area (Å²) >= 11 is 0. The fraction of sp³-hybridized carbons (Fsp3) is 0.611. The van der Waals surface area contributed by atoms with Crippen LogP contribution in [-0.4, -0.2) is 61.9 Å². The SMILES string of the molecule is CN=C(NCCC(=O)Nc1ccc(C)cn1)NCC1(CCO)CCOC1.I. The number of nitrogens with one attached hydrogen (secondary N) is 3. The molecule has 0 bridgehead atoms. The average molecular weight is 491 g/mol. The minimum atomic E-state index is -0.106. The molecule has 1 aromatic heterocycles. The zero-order valence-electron chi connectivity index (χ0n) is 16.0. The molecule has 0 radical (unpaired) electrons. The largest absolute Gasteiger partial charge is 0.396 e. The first-order valence-electron chi connectivity index (χ1n) is 8.92. The first kappa shape index (κ1) is 23.6. The number of hydrogen-bond donors (Lipinski definition) is 4. The van der Waals surface area contributed by atoms with Crippen LogP contribution in [0.3, 0.4) is 0 Å². The van der Waals surface area contributed by atoms with E-state index in [2.05, 4.69) is 25.9 Å². The summed E-state index contributed by atoms with van der Waals surface area (Å²) in [6, 6.07) is 3.69. The molecule has 1 fully saturated rings. The van der Waals surface area contributed by atoms with Gasteiger partial charge in [0.2, 0.25) is 5.91 Å². The molecule has 27 heavy (non-hydrogen) atoms. The van der Waals surface area contributed by atoms with Crippen LogP contribution in [-0.2, 0) is 9.53 Å². The van der Waals surface area contributed by atoms with Crippen molar-refractivity contribution in [2.45, 2.75) is 26.2 Å². The Kier molecular flexibility index (Phi) is 10.6. The fourth-order valence-corrected chi connectivity index (χ4v) is 2.85. The second kappa shape index (κ2) is 12.1. The number of aliphatic imine (C=N–C) groups is 1. The predicted octanol–water partition coefficient (Wildman–Crippen LogP) is 1.29. The molecule has 0 aromatic carbocycles. The normalized spacial score (nSPS) is 19.3. The molecule has 1 atom stereocenters. The summed E-state index contributed by atoms with van der Waals surface area (Å²) in [4.78, 5) is 20.3. The lowest BCUT2D eigenvalue weighted by atomic mass is 9.84. The van der Waals surface area contributed by atoms with Gasteiger partial charge in [0.15, 0.2) is 5.96 Å². The molecule has 4 N–H and O–H groups in total. The van der Waals surface area contributed by atoms with Crippen LogP contribution in [0.1, 0.15) is 24.8 Å². The zero-order chi connectivity index (χ0) is 18.8. The highest BCUT2D eigenvalue weighted by atomic mass is 127. The smallest absolute Gasteiger partial charge is 0.227 e. The number of aryl methyl sites for hydroxylation is 1. The van der Waals surface area contributed by atoms with Crippen molar-refractivity contribution >= 4 is 41.7 Å². The molecule has 2 heterocycles. The van der Waals surface area contributed by atoms with Gasteiger partial charge in [0.25, 0.3) is 0 Å². The Morgan fingerprint density at radius 1 is 1.41 bits per heavy atom. The maximum atomic E-state index is 12.0. The number of pyridine rings is 1. The summed E-state index contributed by atoms with van der Waals surface area (Å²) < 4.78 is 5.49. The maximum Gasteiger partial charge on any atom is 0.227 e. The Labute approximate surface area is 177 Å². The van der Waals surface area contributed by atoms with E-state index in [9.17, 15) is 9.90 Å². The molecular formula is C18H30IN5O3. The first-order chi connectivity index (χ1) is 12.6. The van der Waals surface area contributed by atoms with Crippen LogP contribution < -0.4 is 16.0 Å². The number of halogens is 1. The van der Waals surface area contributed by atoms with Gasteiger partial charge in [-0.25, -0.2) is 4.98 Å². The molecule has 0 saturated carbocycles. The molecule has 1 saturated heterocycles. The topological polar surface area (TPSA) is 108 Å². The van der Waals surface area contributed by atoms with E-state index in [-0.39, 0.29) is 41.9 Å². The molecule has 1 unspecified atom stereocenters. The Morgan fingerprint density at radius 3 is 2.81 bits per heavy atom. The zero-order valence-corrected chi connectivity index (χ0v) is 18.3. The third kappa shape index (κ3) is 7.97. The van der Waals surface area contributed by atoms with Gasteiger partial charge in [-0.15, -0.1) is 24.0 Å². The molecule has 152 valence electrons. The Balaban J connectivity index is 0.00000364. The third-order valence-corrected chi connectivity index (χ3v) is 4.50. The van der Waals surface area contributed by atoms with Gasteiger partial charge in [0, 0.05) is 51.4 Å². The van der Waals surface area contributed by atoms with Gasteiger partial charge in [0.1, 0.15) is 5.82 Å². The number of rotatable bonds is 8. The van der Waals surface area contributed by atoms with E-state index in [4.69, 9.17) is 4.74 Å². The fourth-order valence-electron chi connectivity index (χ4n) is 2.85. The molecule has 1 amide bonds. The van der Waals surface area contributed by atoms with Crippen LogP contribution in [0.4, 0.5) is 5.82 Å². The van der Waals surface area contributed by atoms with E-state index >= 15 is 0 Å². The number of carbonyl (C=O) groups excluding carboxylic acids is 1. The van der Waals surface area contributed by atoms with Crippen molar-refractivity contribution in [1.29, 1.82) is 0 Å². The van der Waals surface area contributed by atoms with Crippen LogP contribution in [0.5, 0.6) is 0 Å². The molecule has 0 spiro atoms. The van der Waals surface area contributed by atoms with E-state index in [0.29, 0.717) is 44.3 Å². The van der Waals surface area contributed by atoms with E-state index in [0.717, 1.165) is 18.6 Å². The van der Waals surface area contributed by atoms with Gasteiger partial charge in [-0.1, -0.05) is 6.07 Å². The van der Waals surface area contributed by atoms with Crippen molar-refractivity contribution in [2.24, 2.45) is 10.4 Å². The van der Waals surface area contributed by atoms with Crippen molar-refractivity contribution in [3.8, 4) is 0 Å². The van der Waals surface area contributed by atoms with E-state index in [1.165, 1.54) is 0 Å². The van der Waals surface area contributed by atoms with Crippen molar-refractivity contribution in [3.05, 3.63) is 23.9 Å². The number of aromatic nitrogens is 1. The molecule has 9 heteroatoms. The number of ether oxygens (including phenoxy) is 1. The molecule has 1 aliphatic rings. The molecule has 8 nitrogen and oxygen atoms in total. The number of amides is 1. The maximum absolute atomic E-state index is 12.0. The summed E-state index contributed by atoms with van der Waals surface area (Å²) in [5, 5.41) is 18.4. The first-order valence-corrected chi connectivity index (χ1v) is 8.92. The lowest BCUT2D eigenvalue weighted by Gasteiger charge is -2.27. The van der Waals surface area contributed by atoms with Gasteiger partial charge >= 0.3 is 0 Å². The summed E-state index contributed by atoms with van der Waals surface area (Å²) in [6.07, 6.45) is 3.64. The Hall–Kier alpha value is -1.46. The predicted molar refractivity (Wildman–Crippen MR) is 117 cm³/mol. The number of anilines is 1. The number of aliphatic hydroxyl groups is 1. The highest BCUT2D eigenvalue weighted by Crippen LogP contribution is 2.31. The number of guanidine groups is 1. The van der Waals surface area contributed by atoms with E-state index < -0.39 is 0 Å². The van der Waals surface area contributed by atoms with Crippen LogP contribution in [0, 0.1) is 12.3 Å². The molecular weight excluding hydrogens is 461 g/mol. The number of nitrogens with zero attached hydrogens (tertiary/aromatic N) is 2. The highest BCUT2D eigenvalue weighted by molar-refractivity contribution is 14.0. The highest BCUT2D eigenvalue weighted by Gasteiger charge is 2.34. The molecule has 0 aliphatic carbocycles. The van der Waals surface area contributed by atoms with Gasteiger partial charge < -0.3 is 25.8 Å². The second-order valence-electron chi connectivity index (χ2n) is 6.65. The van der Waals surface area contributed by atoms with Crippen LogP contribution >= 0.6 is 24.0 Å². The van der Waals surface area contributed by atoms with Gasteiger partial charge in [-0.3, -0.25) is 9.79 Å². The summed E-state index contributed by atoms with van der Waals surface area (Å²) in [5.41, 5.74) is 0.993. The molecule has 1 aromatic rings. The average Bonchev–Trinajstić information content (AvgIpc) is 3.09. The van der Waals surface area contributed by atoms with Gasteiger partial charge in [-0.2, -0.15) is 0 Å². The quantitative estimate of drug-likeness (QED) is 0.248. The number of aliphatic hydroxyl groups excluding tert-OH is 1. The van der Waals surface area contributed by atoms with Crippen LogP contribution in [0.25, 0.3) is 0 Å². The summed E-state index contributed by atoms with van der Waals surface area (Å²) in [7, 11) is 1.69. The Morgan fingerprint density at radius 2 is 2.22 bits per heavy atom. The minimum absolute atomic E-state index is 0. The van der Waals surface area contributed by atoms with Crippen LogP contribution in [0.15, 0.2) is 23.3 Å². The molecule has 1 aliphatic heterocycles. The van der Waals surface area contributed by atoms with Crippen molar-refractivity contribution in [2.75, 3.05) is 45.3 Å². The van der Waals surface area contributed by atoms with Crippen molar-refractivity contribution in [3.63, 3.8) is 0 Å². The summed E-state index contributed by atoms with van der Waals surface area (Å²) in [6.45, 7) is 4.59. The van der Waals surface area contributed by atoms with Gasteiger partial charge in [-0.05, 0) is 31.4 Å². The molecule has 2 rings (SSSR count). The van der Waals surface area contributed by atoms with Crippen molar-refractivity contribution < 1.29 is 14.6 Å². The number of hydrogen-bond acceptors (Lipinski definition) is 5. The lowest BCUT2D eigenvalue weighted by Crippen LogP contribution is -2.45. The van der Waals surface area contributed by atoms with Crippen LogP contribution in [0.2, 0.25) is 0 Å². The third-order valence-electron chi connectivity index (χ3n) is 4.50. The van der Waals surface area contributed by atoms with Crippen molar-refractivity contribution in [1.82, 2.24) is 15.6 Å². The lowest BCUT2D eigenvalue weighted by molar-refractivity contribution is -0.116.